The van der Waals surface area contributed by atoms with Gasteiger partial charge in [-0.25, -0.2) is 26.0 Å². The Kier molecular flexibility index (Phi) is 10.7. The van der Waals surface area contributed by atoms with Crippen molar-refractivity contribution in [1.29, 1.82) is 0 Å². The highest BCUT2D eigenvalue weighted by atomic mass is 32.2. The van der Waals surface area contributed by atoms with Crippen LogP contribution in [0.25, 0.3) is 0 Å². The molecule has 0 aliphatic carbocycles. The summed E-state index contributed by atoms with van der Waals surface area (Å²) < 4.78 is 85.9. The van der Waals surface area contributed by atoms with Crippen molar-refractivity contribution in [2.75, 3.05) is 13.2 Å². The van der Waals surface area contributed by atoms with Gasteiger partial charge >= 0.3 is 0 Å². The van der Waals surface area contributed by atoms with Crippen LogP contribution in [-0.4, -0.2) is 37.1 Å². The van der Waals surface area contributed by atoms with Gasteiger partial charge in [0.1, 0.15) is 9.79 Å². The number of rotatable bonds is 13. The molecule has 162 valence electrons. The highest BCUT2D eigenvalue weighted by Crippen LogP contribution is 2.36. The Hall–Kier alpha value is -0.960. The Bertz CT molecular complexity index is 707. The van der Waals surface area contributed by atoms with Gasteiger partial charge in [-0.05, 0) is 38.5 Å². The zero-order valence-corrected chi connectivity index (χ0v) is 16.1. The molecule has 0 aromatic heterocycles. The molecule has 0 atom stereocenters. The van der Waals surface area contributed by atoms with Gasteiger partial charge in [-0.15, -0.1) is 0 Å². The molecule has 0 bridgehead atoms. The first-order valence-corrected chi connectivity index (χ1v) is 10.5. The number of unbranched alkanes of at least 4 members (excludes halogenated alkanes) is 2. The largest absolute Gasteiger partial charge is 0.691 e. The molecule has 0 spiro atoms. The van der Waals surface area contributed by atoms with E-state index in [2.05, 4.69) is 9.37 Å². The van der Waals surface area contributed by atoms with Gasteiger partial charge in [-0.2, -0.15) is 4.33 Å². The van der Waals surface area contributed by atoms with Crippen molar-refractivity contribution in [3.63, 3.8) is 0 Å². The van der Waals surface area contributed by atoms with Crippen LogP contribution in [0.4, 0.5) is 17.6 Å². The molecule has 1 aromatic carbocycles. The third-order valence-corrected chi connectivity index (χ3v) is 6.84. The van der Waals surface area contributed by atoms with Crippen LogP contribution in [0.1, 0.15) is 38.5 Å². The Morgan fingerprint density at radius 2 is 1.36 bits per heavy atom. The van der Waals surface area contributed by atoms with Crippen molar-refractivity contribution < 1.29 is 50.8 Å². The zero-order valence-electron chi connectivity index (χ0n) is 14.5. The zero-order chi connectivity index (χ0) is 21.3. The molecule has 0 saturated heterocycles. The summed E-state index contributed by atoms with van der Waals surface area (Å²) in [6.45, 7) is -0.466. The smallest absolute Gasteiger partial charge is 0.187 e. The molecule has 13 heteroatoms. The summed E-state index contributed by atoms with van der Waals surface area (Å²) in [5.74, 6) is -8.40. The molecule has 0 heterocycles. The van der Waals surface area contributed by atoms with E-state index in [0.717, 1.165) is 0 Å². The highest BCUT2D eigenvalue weighted by Gasteiger charge is 2.37. The summed E-state index contributed by atoms with van der Waals surface area (Å²) in [6, 6.07) is 0. The number of hydrogen-bond acceptors (Lipinski definition) is 8. The van der Waals surface area contributed by atoms with E-state index < -0.39 is 60.2 Å². The first kappa shape index (κ1) is 25.1. The van der Waals surface area contributed by atoms with Crippen LogP contribution in [0.3, 0.4) is 0 Å². The van der Waals surface area contributed by atoms with E-state index in [1.54, 1.807) is 0 Å². The molecule has 0 fully saturated rings. The SMILES string of the molecule is O=S(=O)(c1c(F)c(F)c(SOO[O-])c(F)c1F)C(CCCCO)CCCCO. The average Bonchev–Trinajstić information content (AvgIpc) is 2.65. The average molecular weight is 451 g/mol. The van der Waals surface area contributed by atoms with E-state index in [1.165, 1.54) is 0 Å². The third-order valence-electron chi connectivity index (χ3n) is 3.92. The predicted molar refractivity (Wildman–Crippen MR) is 87.1 cm³/mol. The fourth-order valence-corrected chi connectivity index (χ4v) is 4.94. The van der Waals surface area contributed by atoms with Crippen molar-refractivity contribution in [1.82, 2.24) is 0 Å². The second kappa shape index (κ2) is 11.9. The summed E-state index contributed by atoms with van der Waals surface area (Å²) in [5, 5.41) is 28.9. The fourth-order valence-electron chi connectivity index (χ4n) is 2.55. The second-order valence-electron chi connectivity index (χ2n) is 5.74. The van der Waals surface area contributed by atoms with Gasteiger partial charge in [-0.1, -0.05) is 0 Å². The number of aliphatic hydroxyl groups excluding tert-OH is 2. The molecular weight excluding hydrogens is 432 g/mol. The summed E-state index contributed by atoms with van der Waals surface area (Å²) >= 11 is -0.452. The monoisotopic (exact) mass is 451 g/mol. The lowest BCUT2D eigenvalue weighted by molar-refractivity contribution is -0.777. The number of halogens is 4. The number of sulfone groups is 1. The molecular formula is C15H19F4O7S2-. The summed E-state index contributed by atoms with van der Waals surface area (Å²) in [6.07, 6.45) is 0.608. The van der Waals surface area contributed by atoms with E-state index in [-0.39, 0.29) is 51.7 Å². The van der Waals surface area contributed by atoms with Gasteiger partial charge in [0.05, 0.1) is 17.3 Å². The van der Waals surface area contributed by atoms with Crippen molar-refractivity contribution >= 4 is 21.9 Å². The van der Waals surface area contributed by atoms with Crippen LogP contribution >= 0.6 is 12.0 Å². The van der Waals surface area contributed by atoms with E-state index in [9.17, 15) is 31.2 Å². The van der Waals surface area contributed by atoms with Gasteiger partial charge in [0, 0.05) is 13.2 Å². The lowest BCUT2D eigenvalue weighted by Crippen LogP contribution is -2.25. The molecule has 0 aliphatic heterocycles. The third kappa shape index (κ3) is 6.02. The Morgan fingerprint density at radius 1 is 0.893 bits per heavy atom. The molecule has 0 radical (unpaired) electrons. The summed E-state index contributed by atoms with van der Waals surface area (Å²) in [7, 11) is -4.84. The standard InChI is InChI=1S/C15H20F4O7S2/c16-10-12(18)15(13(19)11(17)14(10)27-26-25-22)28(23,24)9(5-1-3-7-20)6-2-4-8-21/h9,20-22H,1-8H2/p-1. The Balaban J connectivity index is 3.38. The van der Waals surface area contributed by atoms with E-state index >= 15 is 0 Å². The van der Waals surface area contributed by atoms with Crippen LogP contribution in [0.15, 0.2) is 9.79 Å². The van der Waals surface area contributed by atoms with Crippen molar-refractivity contribution in [2.24, 2.45) is 0 Å². The molecule has 7 nitrogen and oxygen atoms in total. The highest BCUT2D eigenvalue weighted by molar-refractivity contribution is 7.94. The molecule has 28 heavy (non-hydrogen) atoms. The summed E-state index contributed by atoms with van der Waals surface area (Å²) in [4.78, 5) is -3.17. The summed E-state index contributed by atoms with van der Waals surface area (Å²) in [5.41, 5.74) is 0. The van der Waals surface area contributed by atoms with Gasteiger partial charge in [0.2, 0.25) is 0 Å². The van der Waals surface area contributed by atoms with Crippen molar-refractivity contribution in [2.45, 2.75) is 53.6 Å². The lowest BCUT2D eigenvalue weighted by Gasteiger charge is -2.19. The Morgan fingerprint density at radius 3 is 1.75 bits per heavy atom. The van der Waals surface area contributed by atoms with Crippen LogP contribution in [-0.2, 0) is 19.2 Å². The quantitative estimate of drug-likeness (QED) is 0.117. The fraction of sp³-hybridized carbons (Fsp3) is 0.600. The first-order valence-electron chi connectivity index (χ1n) is 8.18. The molecule has 0 saturated carbocycles. The minimum atomic E-state index is -4.84. The maximum atomic E-state index is 14.3. The van der Waals surface area contributed by atoms with Gasteiger partial charge < -0.3 is 15.5 Å². The number of aliphatic hydroxyl groups is 2. The maximum absolute atomic E-state index is 14.3. The van der Waals surface area contributed by atoms with E-state index in [4.69, 9.17) is 10.2 Å². The van der Waals surface area contributed by atoms with Crippen molar-refractivity contribution in [3.05, 3.63) is 23.3 Å². The normalized spacial score (nSPS) is 12.1. The Labute approximate surface area is 163 Å². The second-order valence-corrected chi connectivity index (χ2v) is 8.62. The van der Waals surface area contributed by atoms with E-state index in [0.29, 0.717) is 0 Å². The predicted octanol–water partition coefficient (Wildman–Crippen LogP) is 1.94. The number of benzene rings is 1. The minimum Gasteiger partial charge on any atom is -0.691 e. The van der Waals surface area contributed by atoms with Crippen LogP contribution in [0.5, 0.6) is 0 Å². The van der Waals surface area contributed by atoms with Gasteiger partial charge in [0.15, 0.2) is 33.1 Å². The topological polar surface area (TPSA) is 116 Å². The molecule has 0 amide bonds. The minimum absolute atomic E-state index is 0.111. The van der Waals surface area contributed by atoms with Gasteiger partial charge in [0.25, 0.3) is 0 Å². The molecule has 0 aliphatic rings. The van der Waals surface area contributed by atoms with Gasteiger partial charge in [-0.3, -0.25) is 5.04 Å². The number of hydrogen-bond donors (Lipinski definition) is 2. The van der Waals surface area contributed by atoms with E-state index in [1.807, 2.05) is 0 Å². The van der Waals surface area contributed by atoms with Crippen LogP contribution in [0.2, 0.25) is 0 Å². The van der Waals surface area contributed by atoms with Crippen LogP contribution < -0.4 is 5.26 Å². The van der Waals surface area contributed by atoms with Crippen LogP contribution in [0, 0.1) is 23.3 Å². The molecule has 0 unspecified atom stereocenters. The first-order chi connectivity index (χ1) is 13.2. The van der Waals surface area contributed by atoms with Crippen molar-refractivity contribution in [3.8, 4) is 0 Å². The lowest BCUT2D eigenvalue weighted by atomic mass is 10.1. The maximum Gasteiger partial charge on any atom is 0.187 e. The molecule has 1 aromatic rings. The molecule has 1 rings (SSSR count). The molecule has 2 N–H and O–H groups in total.